The summed E-state index contributed by atoms with van der Waals surface area (Å²) in [6.45, 7) is 6.43. The van der Waals surface area contributed by atoms with Crippen molar-refractivity contribution >= 4 is 0 Å². The van der Waals surface area contributed by atoms with Gasteiger partial charge in [-0.2, -0.15) is 0 Å². The molecule has 2 unspecified atom stereocenters. The fraction of sp³-hybridized carbons (Fsp3) is 0.600. The monoisotopic (exact) mass is 267 g/mol. The van der Waals surface area contributed by atoms with Crippen molar-refractivity contribution in [3.8, 4) is 11.5 Å². The van der Waals surface area contributed by atoms with Gasteiger partial charge in [-0.15, -0.1) is 0 Å². The number of hydrogen-bond acceptors (Lipinski definition) is 4. The molecule has 2 atom stereocenters. The van der Waals surface area contributed by atoms with Gasteiger partial charge in [-0.3, -0.25) is 0 Å². The number of hydrogen-bond donors (Lipinski definition) is 4. The van der Waals surface area contributed by atoms with E-state index >= 15 is 0 Å². The number of phenolic OH excluding ortho intramolecular Hbond substituents is 2. The van der Waals surface area contributed by atoms with Crippen molar-refractivity contribution < 1.29 is 15.3 Å². The molecule has 0 spiro atoms. The van der Waals surface area contributed by atoms with Crippen LogP contribution < -0.4 is 5.32 Å². The van der Waals surface area contributed by atoms with Crippen molar-refractivity contribution in [3.63, 3.8) is 0 Å². The third-order valence-electron chi connectivity index (χ3n) is 3.72. The van der Waals surface area contributed by atoms with Gasteiger partial charge in [0, 0.05) is 12.6 Å². The van der Waals surface area contributed by atoms with E-state index in [0.717, 1.165) is 12.8 Å². The molecule has 1 rings (SSSR count). The van der Waals surface area contributed by atoms with Gasteiger partial charge in [0.2, 0.25) is 0 Å². The van der Waals surface area contributed by atoms with Crippen LogP contribution in [0, 0.1) is 5.92 Å². The minimum Gasteiger partial charge on any atom is -0.507 e. The van der Waals surface area contributed by atoms with Gasteiger partial charge in [-0.25, -0.2) is 0 Å². The highest BCUT2D eigenvalue weighted by atomic mass is 16.3. The lowest BCUT2D eigenvalue weighted by Crippen LogP contribution is -2.34. The van der Waals surface area contributed by atoms with E-state index in [1.165, 1.54) is 0 Å². The molecule has 19 heavy (non-hydrogen) atoms. The molecule has 0 radical (unpaired) electrons. The van der Waals surface area contributed by atoms with Crippen molar-refractivity contribution in [2.24, 2.45) is 5.92 Å². The molecule has 0 aliphatic heterocycles. The molecule has 108 valence electrons. The molecule has 4 N–H and O–H groups in total. The first-order valence-corrected chi connectivity index (χ1v) is 6.93. The number of aliphatic hydroxyl groups is 1. The van der Waals surface area contributed by atoms with Crippen LogP contribution >= 0.6 is 0 Å². The Labute approximate surface area is 115 Å². The molecule has 1 aromatic rings. The molecule has 0 saturated carbocycles. The maximum Gasteiger partial charge on any atom is 0.124 e. The molecule has 0 fully saturated rings. The molecule has 0 aliphatic rings. The van der Waals surface area contributed by atoms with Gasteiger partial charge in [0.25, 0.3) is 0 Å². The lowest BCUT2D eigenvalue weighted by Gasteiger charge is -2.23. The van der Waals surface area contributed by atoms with Crippen LogP contribution in [0.4, 0.5) is 0 Å². The molecular weight excluding hydrogens is 242 g/mol. The summed E-state index contributed by atoms with van der Waals surface area (Å²) in [7, 11) is 0. The van der Waals surface area contributed by atoms with Crippen LogP contribution in [0.2, 0.25) is 0 Å². The molecule has 0 amide bonds. The van der Waals surface area contributed by atoms with Gasteiger partial charge in [-0.05, 0) is 25.0 Å². The summed E-state index contributed by atoms with van der Waals surface area (Å²) in [6, 6.07) is 4.47. The van der Waals surface area contributed by atoms with Crippen molar-refractivity contribution in [1.29, 1.82) is 0 Å². The second kappa shape index (κ2) is 7.36. The Morgan fingerprint density at radius 3 is 2.11 bits per heavy atom. The van der Waals surface area contributed by atoms with Crippen LogP contribution in [-0.4, -0.2) is 28.0 Å². The van der Waals surface area contributed by atoms with Crippen molar-refractivity contribution in [1.82, 2.24) is 5.32 Å². The van der Waals surface area contributed by atoms with E-state index in [0.29, 0.717) is 12.1 Å². The van der Waals surface area contributed by atoms with Crippen LogP contribution in [0.5, 0.6) is 11.5 Å². The number of phenols is 2. The standard InChI is InChI=1S/C15H25NO3/c1-4-11(5-2)14(19)9-16-10(3)15-12(17)7-6-8-13(15)18/h6-8,10-11,14,16-19H,4-5,9H2,1-3H3. The Hall–Kier alpha value is -1.26. The van der Waals surface area contributed by atoms with Crippen LogP contribution in [0.1, 0.15) is 45.2 Å². The summed E-state index contributed by atoms with van der Waals surface area (Å²) in [6.07, 6.45) is 1.47. The third kappa shape index (κ3) is 4.11. The molecule has 0 bridgehead atoms. The molecule has 0 heterocycles. The van der Waals surface area contributed by atoms with Gasteiger partial charge >= 0.3 is 0 Å². The largest absolute Gasteiger partial charge is 0.507 e. The number of benzene rings is 1. The van der Waals surface area contributed by atoms with Crippen LogP contribution in [0.3, 0.4) is 0 Å². The molecule has 0 saturated heterocycles. The number of aromatic hydroxyl groups is 2. The number of rotatable bonds is 7. The van der Waals surface area contributed by atoms with Gasteiger partial charge in [0.1, 0.15) is 11.5 Å². The predicted molar refractivity (Wildman–Crippen MR) is 76.3 cm³/mol. The summed E-state index contributed by atoms with van der Waals surface area (Å²) < 4.78 is 0. The Morgan fingerprint density at radius 1 is 1.11 bits per heavy atom. The average Bonchev–Trinajstić information content (AvgIpc) is 2.37. The molecule has 4 nitrogen and oxygen atoms in total. The number of nitrogens with one attached hydrogen (secondary N) is 1. The normalized spacial score (nSPS) is 14.6. The van der Waals surface area contributed by atoms with Crippen LogP contribution in [0.15, 0.2) is 18.2 Å². The molecule has 0 aromatic heterocycles. The zero-order valence-corrected chi connectivity index (χ0v) is 11.9. The minimum absolute atomic E-state index is 0.0667. The third-order valence-corrected chi connectivity index (χ3v) is 3.72. The SMILES string of the molecule is CCC(CC)C(O)CNC(C)c1c(O)cccc1O. The Kier molecular flexibility index (Phi) is 6.12. The maximum atomic E-state index is 10.1. The first-order valence-electron chi connectivity index (χ1n) is 6.93. The van der Waals surface area contributed by atoms with E-state index in [-0.39, 0.29) is 23.5 Å². The van der Waals surface area contributed by atoms with E-state index in [2.05, 4.69) is 19.2 Å². The highest BCUT2D eigenvalue weighted by molar-refractivity contribution is 5.44. The Morgan fingerprint density at radius 2 is 1.63 bits per heavy atom. The van der Waals surface area contributed by atoms with Gasteiger partial charge < -0.3 is 20.6 Å². The van der Waals surface area contributed by atoms with Crippen LogP contribution in [-0.2, 0) is 0 Å². The van der Waals surface area contributed by atoms with E-state index in [1.807, 2.05) is 6.92 Å². The lowest BCUT2D eigenvalue weighted by atomic mass is 9.96. The summed E-state index contributed by atoms with van der Waals surface area (Å²) in [5.41, 5.74) is 0.472. The summed E-state index contributed by atoms with van der Waals surface area (Å²) in [5, 5.41) is 32.7. The smallest absolute Gasteiger partial charge is 0.124 e. The fourth-order valence-electron chi connectivity index (χ4n) is 2.38. The second-order valence-corrected chi connectivity index (χ2v) is 4.98. The molecule has 0 aliphatic carbocycles. The van der Waals surface area contributed by atoms with Crippen molar-refractivity contribution in [3.05, 3.63) is 23.8 Å². The maximum absolute atomic E-state index is 10.1. The summed E-state index contributed by atoms with van der Waals surface area (Å²) >= 11 is 0. The Balaban J connectivity index is 2.63. The Bertz CT molecular complexity index is 371. The lowest BCUT2D eigenvalue weighted by molar-refractivity contribution is 0.0986. The van der Waals surface area contributed by atoms with Gasteiger partial charge in [0.05, 0.1) is 11.7 Å². The highest BCUT2D eigenvalue weighted by Crippen LogP contribution is 2.32. The minimum atomic E-state index is -0.412. The van der Waals surface area contributed by atoms with Crippen molar-refractivity contribution in [2.45, 2.75) is 45.8 Å². The summed E-state index contributed by atoms with van der Waals surface area (Å²) in [4.78, 5) is 0. The van der Waals surface area contributed by atoms with Crippen LogP contribution in [0.25, 0.3) is 0 Å². The predicted octanol–water partition coefficient (Wildman–Crippen LogP) is 2.55. The first-order chi connectivity index (χ1) is 9.01. The first kappa shape index (κ1) is 15.8. The second-order valence-electron chi connectivity index (χ2n) is 4.98. The van der Waals surface area contributed by atoms with E-state index in [4.69, 9.17) is 0 Å². The summed E-state index contributed by atoms with van der Waals surface area (Å²) in [5.74, 6) is 0.409. The fourth-order valence-corrected chi connectivity index (χ4v) is 2.38. The molecule has 4 heteroatoms. The van der Waals surface area contributed by atoms with Gasteiger partial charge in [0.15, 0.2) is 0 Å². The zero-order chi connectivity index (χ0) is 14.4. The van der Waals surface area contributed by atoms with E-state index < -0.39 is 6.10 Å². The van der Waals surface area contributed by atoms with Gasteiger partial charge in [-0.1, -0.05) is 32.8 Å². The average molecular weight is 267 g/mol. The molecule has 1 aromatic carbocycles. The highest BCUT2D eigenvalue weighted by Gasteiger charge is 2.19. The molecular formula is C15H25NO3. The number of aliphatic hydroxyl groups excluding tert-OH is 1. The topological polar surface area (TPSA) is 72.7 Å². The van der Waals surface area contributed by atoms with E-state index in [1.54, 1.807) is 18.2 Å². The zero-order valence-electron chi connectivity index (χ0n) is 11.9. The van der Waals surface area contributed by atoms with E-state index in [9.17, 15) is 15.3 Å². The quantitative estimate of drug-likeness (QED) is 0.612. The van der Waals surface area contributed by atoms with Crippen molar-refractivity contribution in [2.75, 3.05) is 6.54 Å².